The molecule has 0 radical (unpaired) electrons. The first-order chi connectivity index (χ1) is 11.7. The van der Waals surface area contributed by atoms with Crippen molar-refractivity contribution in [3.05, 3.63) is 89.5 Å². The summed E-state index contributed by atoms with van der Waals surface area (Å²) in [6.07, 6.45) is 2.44. The number of benzene rings is 2. The molecule has 0 spiro atoms. The van der Waals surface area contributed by atoms with Crippen molar-refractivity contribution in [2.75, 3.05) is 0 Å². The van der Waals surface area contributed by atoms with E-state index in [1.54, 1.807) is 12.1 Å². The van der Waals surface area contributed by atoms with E-state index in [0.717, 1.165) is 16.5 Å². The Labute approximate surface area is 140 Å². The molecule has 1 amide bonds. The smallest absolute Gasteiger partial charge is 0.257 e. The second-order valence-corrected chi connectivity index (χ2v) is 5.49. The van der Waals surface area contributed by atoms with Crippen molar-refractivity contribution in [2.24, 2.45) is 0 Å². The van der Waals surface area contributed by atoms with Crippen LogP contribution in [0.3, 0.4) is 0 Å². The molecule has 2 aromatic carbocycles. The van der Waals surface area contributed by atoms with Crippen LogP contribution in [-0.2, 0) is 13.0 Å². The highest BCUT2D eigenvalue weighted by atomic mass is 16.3. The van der Waals surface area contributed by atoms with E-state index in [4.69, 9.17) is 9.83 Å². The van der Waals surface area contributed by atoms with Gasteiger partial charge in [0.15, 0.2) is 0 Å². The first-order valence-electron chi connectivity index (χ1n) is 7.72. The zero-order valence-electron chi connectivity index (χ0n) is 13.2. The quantitative estimate of drug-likeness (QED) is 0.706. The highest BCUT2D eigenvalue weighted by molar-refractivity contribution is 5.96. The summed E-state index contributed by atoms with van der Waals surface area (Å²) in [4.78, 5) is 12.4. The van der Waals surface area contributed by atoms with Crippen LogP contribution in [-0.4, -0.2) is 5.91 Å². The van der Waals surface area contributed by atoms with Gasteiger partial charge in [0, 0.05) is 11.9 Å². The van der Waals surface area contributed by atoms with Crippen LogP contribution in [0.15, 0.2) is 71.7 Å². The van der Waals surface area contributed by atoms with Crippen molar-refractivity contribution < 1.29 is 9.21 Å². The number of hydrogen-bond acceptors (Lipinski definition) is 3. The maximum absolute atomic E-state index is 12.4. The van der Waals surface area contributed by atoms with Gasteiger partial charge >= 0.3 is 0 Å². The summed E-state index contributed by atoms with van der Waals surface area (Å²) in [6, 6.07) is 17.1. The number of allylic oxidation sites excluding steroid dienone is 1. The van der Waals surface area contributed by atoms with Crippen molar-refractivity contribution in [1.82, 2.24) is 5.32 Å². The summed E-state index contributed by atoms with van der Waals surface area (Å²) < 4.78 is 5.61. The Morgan fingerprint density at radius 3 is 2.71 bits per heavy atom. The van der Waals surface area contributed by atoms with Crippen molar-refractivity contribution >= 4 is 16.9 Å². The minimum Gasteiger partial charge on any atom is -0.438 e. The molecule has 3 aromatic rings. The molecule has 3 rings (SSSR count). The fraction of sp³-hybridized carbons (Fsp3) is 0.100. The van der Waals surface area contributed by atoms with Gasteiger partial charge < -0.3 is 9.73 Å². The Morgan fingerprint density at radius 2 is 1.96 bits per heavy atom. The van der Waals surface area contributed by atoms with E-state index in [-0.39, 0.29) is 17.0 Å². The second kappa shape index (κ2) is 6.96. The molecule has 0 aliphatic carbocycles. The maximum Gasteiger partial charge on any atom is 0.257 e. The van der Waals surface area contributed by atoms with Crippen LogP contribution < -0.4 is 10.9 Å². The summed E-state index contributed by atoms with van der Waals surface area (Å²) in [6.45, 7) is 4.14. The summed E-state index contributed by atoms with van der Waals surface area (Å²) in [7, 11) is 0. The van der Waals surface area contributed by atoms with E-state index >= 15 is 0 Å². The van der Waals surface area contributed by atoms with Crippen LogP contribution in [0, 0.1) is 5.41 Å². The monoisotopic (exact) mass is 318 g/mol. The topological polar surface area (TPSA) is 66.1 Å². The predicted octanol–water partition coefficient (Wildman–Crippen LogP) is 3.57. The van der Waals surface area contributed by atoms with Gasteiger partial charge in [0.1, 0.15) is 11.1 Å². The lowest BCUT2D eigenvalue weighted by Crippen LogP contribution is -2.28. The fourth-order valence-electron chi connectivity index (χ4n) is 2.58. The first-order valence-corrected chi connectivity index (χ1v) is 7.72. The average molecular weight is 318 g/mol. The van der Waals surface area contributed by atoms with Crippen LogP contribution in [0.2, 0.25) is 0 Å². The Kier molecular flexibility index (Phi) is 4.57. The van der Waals surface area contributed by atoms with E-state index in [2.05, 4.69) is 11.9 Å². The van der Waals surface area contributed by atoms with Gasteiger partial charge in [-0.15, -0.1) is 6.58 Å². The molecule has 1 heterocycles. The molecule has 120 valence electrons. The molecule has 0 atom stereocenters. The molecular weight excluding hydrogens is 300 g/mol. The number of fused-ring (bicyclic) bond motifs is 1. The van der Waals surface area contributed by atoms with E-state index in [1.807, 2.05) is 48.5 Å². The van der Waals surface area contributed by atoms with Crippen molar-refractivity contribution in [3.8, 4) is 0 Å². The Balaban J connectivity index is 1.89. The summed E-state index contributed by atoms with van der Waals surface area (Å²) >= 11 is 0. The average Bonchev–Trinajstić information content (AvgIpc) is 2.61. The number of carbonyl (C=O) groups excluding carboxylic acids is 1. The minimum atomic E-state index is -0.316. The number of para-hydroxylation sites is 1. The molecule has 0 aliphatic heterocycles. The number of amides is 1. The van der Waals surface area contributed by atoms with Gasteiger partial charge in [-0.1, -0.05) is 54.6 Å². The van der Waals surface area contributed by atoms with Crippen LogP contribution in [0.1, 0.15) is 21.5 Å². The van der Waals surface area contributed by atoms with Crippen LogP contribution in [0.25, 0.3) is 11.0 Å². The largest absolute Gasteiger partial charge is 0.438 e. The fourth-order valence-corrected chi connectivity index (χ4v) is 2.58. The Bertz CT molecular complexity index is 943. The summed E-state index contributed by atoms with van der Waals surface area (Å²) in [5.41, 5.74) is 2.68. The zero-order chi connectivity index (χ0) is 16.9. The normalized spacial score (nSPS) is 10.5. The zero-order valence-corrected chi connectivity index (χ0v) is 13.2. The molecule has 0 bridgehead atoms. The van der Waals surface area contributed by atoms with Crippen molar-refractivity contribution in [1.29, 1.82) is 5.41 Å². The summed E-state index contributed by atoms with van der Waals surface area (Å²) in [5.74, 6) is -0.316. The lowest BCUT2D eigenvalue weighted by Gasteiger charge is -2.08. The summed E-state index contributed by atoms with van der Waals surface area (Å²) in [5, 5.41) is 11.7. The third-order valence-corrected chi connectivity index (χ3v) is 3.78. The highest BCUT2D eigenvalue weighted by Gasteiger charge is 2.12. The maximum atomic E-state index is 12.4. The second-order valence-electron chi connectivity index (χ2n) is 5.49. The number of hydrogen-bond donors (Lipinski definition) is 2. The standard InChI is InChI=1S/C20H18N2O2/c1-2-7-15-10-6-11-16-12-17(19(21)24-18(15)16)20(23)22-13-14-8-4-3-5-9-14/h2-6,8-12,21H,1,7,13H2,(H,22,23). The van der Waals surface area contributed by atoms with Gasteiger partial charge in [-0.05, 0) is 23.6 Å². The molecular formula is C20H18N2O2. The van der Waals surface area contributed by atoms with Gasteiger partial charge in [0.2, 0.25) is 5.55 Å². The molecule has 0 fully saturated rings. The molecule has 4 heteroatoms. The predicted molar refractivity (Wildman–Crippen MR) is 93.6 cm³/mol. The Hall–Kier alpha value is -3.14. The molecule has 0 saturated heterocycles. The van der Waals surface area contributed by atoms with Gasteiger partial charge in [0.05, 0.1) is 0 Å². The van der Waals surface area contributed by atoms with Crippen molar-refractivity contribution in [2.45, 2.75) is 13.0 Å². The van der Waals surface area contributed by atoms with Crippen molar-refractivity contribution in [3.63, 3.8) is 0 Å². The number of nitrogens with one attached hydrogen (secondary N) is 2. The molecule has 0 aliphatic rings. The molecule has 24 heavy (non-hydrogen) atoms. The number of rotatable bonds is 5. The van der Waals surface area contributed by atoms with E-state index in [0.29, 0.717) is 18.5 Å². The van der Waals surface area contributed by atoms with Gasteiger partial charge in [-0.3, -0.25) is 10.2 Å². The van der Waals surface area contributed by atoms with Crippen LogP contribution in [0.4, 0.5) is 0 Å². The van der Waals surface area contributed by atoms with Gasteiger partial charge in [-0.25, -0.2) is 0 Å². The molecule has 1 aromatic heterocycles. The van der Waals surface area contributed by atoms with Gasteiger partial charge in [-0.2, -0.15) is 0 Å². The highest BCUT2D eigenvalue weighted by Crippen LogP contribution is 2.19. The van der Waals surface area contributed by atoms with Crippen LogP contribution >= 0.6 is 0 Å². The third-order valence-electron chi connectivity index (χ3n) is 3.78. The number of carbonyl (C=O) groups is 1. The molecule has 4 nitrogen and oxygen atoms in total. The van der Waals surface area contributed by atoms with Gasteiger partial charge in [0.25, 0.3) is 5.91 Å². The minimum absolute atomic E-state index is 0.135. The van der Waals surface area contributed by atoms with E-state index < -0.39 is 0 Å². The van der Waals surface area contributed by atoms with Crippen LogP contribution in [0.5, 0.6) is 0 Å². The molecule has 2 N–H and O–H groups in total. The van der Waals surface area contributed by atoms with E-state index in [1.165, 1.54) is 0 Å². The Morgan fingerprint density at radius 1 is 1.17 bits per heavy atom. The SMILES string of the molecule is C=CCc1cccc2cc(C(=O)NCc3ccccc3)c(=N)oc12. The molecule has 0 saturated carbocycles. The molecule has 0 unspecified atom stereocenters. The first kappa shape index (κ1) is 15.7. The lowest BCUT2D eigenvalue weighted by atomic mass is 10.1. The van der Waals surface area contributed by atoms with E-state index in [9.17, 15) is 4.79 Å². The lowest BCUT2D eigenvalue weighted by molar-refractivity contribution is 0.0946. The third kappa shape index (κ3) is 3.27.